The van der Waals surface area contributed by atoms with Gasteiger partial charge in [-0.15, -0.1) is 0 Å². The molecule has 0 aliphatic heterocycles. The van der Waals surface area contributed by atoms with Crippen molar-refractivity contribution in [1.82, 2.24) is 14.1 Å². The van der Waals surface area contributed by atoms with Gasteiger partial charge >= 0.3 is 5.69 Å². The summed E-state index contributed by atoms with van der Waals surface area (Å²) in [6.45, 7) is 0.241. The Kier molecular flexibility index (Phi) is 5.58. The van der Waals surface area contributed by atoms with Crippen LogP contribution in [0.25, 0.3) is 38.6 Å². The van der Waals surface area contributed by atoms with E-state index in [0.29, 0.717) is 40.5 Å². The van der Waals surface area contributed by atoms with E-state index < -0.39 is 46.9 Å². The second kappa shape index (κ2) is 9.64. The Bertz CT molecular complexity index is 2200. The van der Waals surface area contributed by atoms with Crippen LogP contribution in [0.1, 0.15) is 46.0 Å². The maximum absolute atomic E-state index is 16.1. The molecule has 6 rings (SSSR count). The van der Waals surface area contributed by atoms with E-state index in [9.17, 15) is 23.9 Å². The van der Waals surface area contributed by atoms with E-state index in [4.69, 9.17) is 21.4 Å². The van der Waals surface area contributed by atoms with E-state index >= 15 is 4.39 Å². The number of hydrogen-bond acceptors (Lipinski definition) is 4. The van der Waals surface area contributed by atoms with Crippen LogP contribution >= 0.6 is 11.6 Å². The fraction of sp³-hybridized carbons (Fsp3) is 0.258. The van der Waals surface area contributed by atoms with Crippen molar-refractivity contribution in [2.24, 2.45) is 18.6 Å². The number of rotatable bonds is 4. The van der Waals surface area contributed by atoms with Crippen molar-refractivity contribution < 1.29 is 22.8 Å². The molecule has 1 aliphatic rings. The van der Waals surface area contributed by atoms with Gasteiger partial charge in [-0.1, -0.05) is 29.8 Å². The van der Waals surface area contributed by atoms with Crippen molar-refractivity contribution in [1.29, 1.82) is 0 Å². The maximum Gasteiger partial charge on any atom is 0.336 e. The van der Waals surface area contributed by atoms with E-state index in [-0.39, 0.29) is 48.8 Å². The van der Waals surface area contributed by atoms with Gasteiger partial charge in [-0.3, -0.25) is 14.2 Å². The zero-order chi connectivity index (χ0) is 32.7. The molecule has 0 unspecified atom stereocenters. The second-order valence-electron chi connectivity index (χ2n) is 11.1. The van der Waals surface area contributed by atoms with Crippen LogP contribution in [-0.4, -0.2) is 30.7 Å². The molecule has 0 spiro atoms. The number of hydrogen-bond donors (Lipinski definition) is 3. The molecule has 0 fully saturated rings. The summed E-state index contributed by atoms with van der Waals surface area (Å²) in [5, 5.41) is 10.3. The summed E-state index contributed by atoms with van der Waals surface area (Å²) in [5.41, 5.74) is 2.86. The number of amides is 1. The number of nitrogens with two attached hydrogens (primary N) is 1. The second-order valence-corrected chi connectivity index (χ2v) is 11.5. The average Bonchev–Trinajstić information content (AvgIpc) is 3.32. The smallest absolute Gasteiger partial charge is 0.336 e. The molecule has 0 saturated heterocycles. The number of primary amides is 1. The van der Waals surface area contributed by atoms with E-state index in [1.807, 2.05) is 0 Å². The molecule has 4 N–H and O–H groups in total. The van der Waals surface area contributed by atoms with Gasteiger partial charge < -0.3 is 15.8 Å². The predicted octanol–water partition coefficient (Wildman–Crippen LogP) is 4.74. The van der Waals surface area contributed by atoms with Gasteiger partial charge in [0.2, 0.25) is 0 Å². The third kappa shape index (κ3) is 4.08. The van der Waals surface area contributed by atoms with Crippen molar-refractivity contribution in [3.8, 4) is 16.8 Å². The first-order chi connectivity index (χ1) is 21.0. The zero-order valence-electron chi connectivity index (χ0n) is 25.5. The van der Waals surface area contributed by atoms with E-state index in [0.717, 1.165) is 12.1 Å². The Labute approximate surface area is 247 Å². The minimum Gasteiger partial charge on any atom is -0.390 e. The first-order valence-electron chi connectivity index (χ1n) is 14.7. The van der Waals surface area contributed by atoms with Crippen LogP contribution in [0.15, 0.2) is 52.1 Å². The number of aromatic nitrogens is 3. The van der Waals surface area contributed by atoms with Gasteiger partial charge in [0, 0.05) is 33.3 Å². The number of aryl methyl sites for hydroxylation is 2. The standard InChI is InChI=1S/C31H27ClF2N4O4/c1-31(2,42)14-10-11-15-21(12-14)36-26-18(28(35)39)13-20(34)23(24(15)26)16-6-5-9-22(25(16)32)38-29(40)17-7-4-8-19(33)27(17)37(3)30(38)41/h4-9,13-14,36,42H,10-12H2,1-3H3,(H2,35,39)/t14-/m0/s1/i3D3. The summed E-state index contributed by atoms with van der Waals surface area (Å²) in [7, 11) is 0. The Balaban J connectivity index is 1.67. The molecule has 0 bridgehead atoms. The van der Waals surface area contributed by atoms with Crippen LogP contribution in [0.2, 0.25) is 5.02 Å². The molecule has 5 aromatic rings. The molecule has 1 amide bonds. The van der Waals surface area contributed by atoms with Crippen molar-refractivity contribution >= 4 is 39.3 Å². The molecule has 0 saturated carbocycles. The monoisotopic (exact) mass is 595 g/mol. The van der Waals surface area contributed by atoms with Crippen LogP contribution < -0.4 is 17.0 Å². The lowest BCUT2D eigenvalue weighted by atomic mass is 9.77. The average molecular weight is 596 g/mol. The van der Waals surface area contributed by atoms with Gasteiger partial charge in [0.05, 0.1) is 38.3 Å². The number of nitrogens with one attached hydrogen (secondary N) is 1. The van der Waals surface area contributed by atoms with Crippen LogP contribution in [0.3, 0.4) is 0 Å². The van der Waals surface area contributed by atoms with E-state index in [1.165, 1.54) is 30.3 Å². The summed E-state index contributed by atoms with van der Waals surface area (Å²) >= 11 is 6.85. The molecule has 216 valence electrons. The third-order valence-electron chi connectivity index (χ3n) is 8.19. The Morgan fingerprint density at radius 3 is 2.62 bits per heavy atom. The number of carbonyl (C=O) groups excluding carboxylic acids is 1. The maximum atomic E-state index is 16.1. The van der Waals surface area contributed by atoms with Crippen LogP contribution in [0, 0.1) is 17.6 Å². The first kappa shape index (κ1) is 24.3. The highest BCUT2D eigenvalue weighted by Crippen LogP contribution is 2.44. The molecule has 0 radical (unpaired) electrons. The molecular formula is C31H27ClF2N4O4. The number of nitrogens with zero attached hydrogens (tertiary/aromatic N) is 2. The van der Waals surface area contributed by atoms with Crippen LogP contribution in [-0.2, 0) is 19.8 Å². The highest BCUT2D eigenvalue weighted by molar-refractivity contribution is 6.35. The summed E-state index contributed by atoms with van der Waals surface area (Å²) in [6.07, 6.45) is 1.41. The van der Waals surface area contributed by atoms with Gasteiger partial charge in [-0.2, -0.15) is 0 Å². The molecule has 1 aliphatic carbocycles. The topological polar surface area (TPSA) is 123 Å². The minimum absolute atomic E-state index is 0.0305. The fourth-order valence-electron chi connectivity index (χ4n) is 6.05. The summed E-state index contributed by atoms with van der Waals surface area (Å²) < 4.78 is 55.5. The predicted molar refractivity (Wildman–Crippen MR) is 157 cm³/mol. The lowest BCUT2D eigenvalue weighted by Crippen LogP contribution is -2.38. The van der Waals surface area contributed by atoms with Gasteiger partial charge in [0.15, 0.2) is 0 Å². The summed E-state index contributed by atoms with van der Waals surface area (Å²) in [4.78, 5) is 42.9. The normalized spacial score (nSPS) is 16.7. The Morgan fingerprint density at radius 2 is 1.93 bits per heavy atom. The Hall–Kier alpha value is -4.28. The Morgan fingerprint density at radius 1 is 1.19 bits per heavy atom. The number of carbonyl (C=O) groups is 1. The molecular weight excluding hydrogens is 566 g/mol. The highest BCUT2D eigenvalue weighted by Gasteiger charge is 2.34. The van der Waals surface area contributed by atoms with Gasteiger partial charge in [0.1, 0.15) is 11.6 Å². The number of aromatic amines is 1. The first-order valence-corrected chi connectivity index (χ1v) is 13.5. The molecule has 2 heterocycles. The van der Waals surface area contributed by atoms with Crippen molar-refractivity contribution in [3.05, 3.63) is 96.8 Å². The molecule has 1 atom stereocenters. The van der Waals surface area contributed by atoms with Gasteiger partial charge in [-0.25, -0.2) is 18.1 Å². The summed E-state index contributed by atoms with van der Waals surface area (Å²) in [6, 6.07) is 8.47. The number of benzene rings is 3. The highest BCUT2D eigenvalue weighted by atomic mass is 35.5. The van der Waals surface area contributed by atoms with Gasteiger partial charge in [-0.05, 0) is 68.9 Å². The summed E-state index contributed by atoms with van der Waals surface area (Å²) in [5.74, 6) is -2.93. The third-order valence-corrected chi connectivity index (χ3v) is 8.59. The lowest BCUT2D eigenvalue weighted by molar-refractivity contribution is 0.0107. The quantitative estimate of drug-likeness (QED) is 0.278. The SMILES string of the molecule is [2H]C([2H])([2H])n1c(=O)n(-c2cccc(-c3c(F)cc(C(N)=O)c4[nH]c5c(c34)CC[C@H](C(C)(C)O)C5)c2Cl)c(=O)c2cccc(F)c21. The zero-order valence-corrected chi connectivity index (χ0v) is 23.3. The van der Waals surface area contributed by atoms with E-state index in [2.05, 4.69) is 4.98 Å². The number of H-pyrrole nitrogens is 1. The van der Waals surface area contributed by atoms with Crippen molar-refractivity contribution in [2.45, 2.75) is 38.7 Å². The number of aliphatic hydroxyl groups is 1. The number of fused-ring (bicyclic) bond motifs is 4. The number of halogens is 3. The number of para-hydroxylation sites is 1. The van der Waals surface area contributed by atoms with Crippen molar-refractivity contribution in [3.63, 3.8) is 0 Å². The minimum atomic E-state index is -3.18. The van der Waals surface area contributed by atoms with Crippen LogP contribution in [0.5, 0.6) is 0 Å². The van der Waals surface area contributed by atoms with Crippen molar-refractivity contribution in [2.75, 3.05) is 0 Å². The molecule has 11 heteroatoms. The van der Waals surface area contributed by atoms with E-state index in [1.54, 1.807) is 13.8 Å². The van der Waals surface area contributed by atoms with Crippen LogP contribution in [0.4, 0.5) is 8.78 Å². The largest absolute Gasteiger partial charge is 0.390 e. The molecule has 2 aromatic heterocycles. The van der Waals surface area contributed by atoms with Gasteiger partial charge in [0.25, 0.3) is 11.5 Å². The molecule has 3 aromatic carbocycles. The molecule has 8 nitrogen and oxygen atoms in total. The molecule has 42 heavy (non-hydrogen) atoms. The lowest BCUT2D eigenvalue weighted by Gasteiger charge is -2.32. The fourth-order valence-corrected chi connectivity index (χ4v) is 6.36.